The van der Waals surface area contributed by atoms with Gasteiger partial charge in [0.2, 0.25) is 0 Å². The minimum absolute atomic E-state index is 0.0585. The summed E-state index contributed by atoms with van der Waals surface area (Å²) in [4.78, 5) is 11.7. The number of hydrogen-bond donors (Lipinski definition) is 0. The zero-order valence-corrected chi connectivity index (χ0v) is 8.89. The van der Waals surface area contributed by atoms with Crippen molar-refractivity contribution in [2.75, 3.05) is 0 Å². The normalized spacial score (nSPS) is 16.1. The highest BCUT2D eigenvalue weighted by atomic mass is 16.2. The van der Waals surface area contributed by atoms with Gasteiger partial charge in [-0.15, -0.1) is 6.58 Å². The van der Waals surface area contributed by atoms with E-state index in [1.165, 1.54) is 4.68 Å². The molecule has 0 aliphatic heterocycles. The summed E-state index contributed by atoms with van der Waals surface area (Å²) in [6, 6.07) is 0. The van der Waals surface area contributed by atoms with E-state index in [4.69, 9.17) is 0 Å². The Morgan fingerprint density at radius 1 is 1.60 bits per heavy atom. The highest BCUT2D eigenvalue weighted by Gasteiger charge is 2.20. The Hall–Kier alpha value is -1.58. The Morgan fingerprint density at radius 3 is 2.87 bits per heavy atom. The topological polar surface area (TPSA) is 39.8 Å². The first-order valence-corrected chi connectivity index (χ1v) is 5.13. The summed E-state index contributed by atoms with van der Waals surface area (Å²) in [6.07, 6.45) is 7.94. The fourth-order valence-corrected chi connectivity index (χ4v) is 1.93. The molecule has 0 unspecified atom stereocenters. The molecule has 0 N–H and O–H groups in total. The lowest BCUT2D eigenvalue weighted by molar-refractivity contribution is 0.627. The largest absolute Gasteiger partial charge is 0.345 e. The number of aromatic nitrogens is 3. The molecular weight excluding hydrogens is 190 g/mol. The van der Waals surface area contributed by atoms with Crippen LogP contribution in [-0.4, -0.2) is 14.3 Å². The van der Waals surface area contributed by atoms with Gasteiger partial charge in [0.25, 0.3) is 0 Å². The molecule has 0 amide bonds. The number of allylic oxidation sites excluding steroid dienone is 3. The van der Waals surface area contributed by atoms with E-state index in [9.17, 15) is 4.79 Å². The average Bonchev–Trinajstić information content (AvgIpc) is 2.82. The highest BCUT2D eigenvalue weighted by molar-refractivity contribution is 5.08. The molecule has 4 nitrogen and oxygen atoms in total. The van der Waals surface area contributed by atoms with Gasteiger partial charge in [-0.25, -0.2) is 9.48 Å². The van der Waals surface area contributed by atoms with Crippen LogP contribution < -0.4 is 5.69 Å². The van der Waals surface area contributed by atoms with Gasteiger partial charge >= 0.3 is 5.69 Å². The van der Waals surface area contributed by atoms with Crippen LogP contribution in [0.15, 0.2) is 29.6 Å². The Bertz CT molecular complexity index is 445. The second kappa shape index (κ2) is 3.88. The van der Waals surface area contributed by atoms with Crippen LogP contribution in [0.1, 0.15) is 24.6 Å². The number of hydrogen-bond acceptors (Lipinski definition) is 2. The predicted molar refractivity (Wildman–Crippen MR) is 58.8 cm³/mol. The Labute approximate surface area is 88.5 Å². The van der Waals surface area contributed by atoms with Crippen LogP contribution in [0.5, 0.6) is 0 Å². The van der Waals surface area contributed by atoms with Crippen molar-refractivity contribution in [3.8, 4) is 0 Å². The van der Waals surface area contributed by atoms with Crippen LogP contribution in [0.3, 0.4) is 0 Å². The Morgan fingerprint density at radius 2 is 2.27 bits per heavy atom. The van der Waals surface area contributed by atoms with Crippen LogP contribution in [0, 0.1) is 0 Å². The van der Waals surface area contributed by atoms with Crippen molar-refractivity contribution in [3.05, 3.63) is 41.1 Å². The van der Waals surface area contributed by atoms with Crippen molar-refractivity contribution >= 4 is 0 Å². The smallest absolute Gasteiger partial charge is 0.282 e. The predicted octanol–water partition coefficient (Wildman–Crippen LogP) is 1.20. The number of nitrogens with zero attached hydrogens (tertiary/aromatic N) is 3. The highest BCUT2D eigenvalue weighted by Crippen LogP contribution is 2.26. The van der Waals surface area contributed by atoms with Crippen LogP contribution >= 0.6 is 0 Å². The molecule has 1 aliphatic rings. The molecular formula is C11H15N3O. The maximum absolute atomic E-state index is 11.7. The molecule has 15 heavy (non-hydrogen) atoms. The first-order chi connectivity index (χ1) is 7.24. The van der Waals surface area contributed by atoms with Gasteiger partial charge in [0.1, 0.15) is 5.82 Å². The second-order valence-corrected chi connectivity index (χ2v) is 3.81. The van der Waals surface area contributed by atoms with E-state index in [-0.39, 0.29) is 5.69 Å². The van der Waals surface area contributed by atoms with E-state index in [0.29, 0.717) is 12.5 Å². The maximum Gasteiger partial charge on any atom is 0.345 e. The summed E-state index contributed by atoms with van der Waals surface area (Å²) in [5.74, 6) is 1.25. The van der Waals surface area contributed by atoms with Gasteiger partial charge in [0.15, 0.2) is 0 Å². The van der Waals surface area contributed by atoms with E-state index < -0.39 is 0 Å². The number of rotatable bonds is 3. The average molecular weight is 205 g/mol. The third-order valence-corrected chi connectivity index (χ3v) is 2.75. The van der Waals surface area contributed by atoms with E-state index in [1.54, 1.807) is 17.7 Å². The van der Waals surface area contributed by atoms with Crippen LogP contribution in [0.25, 0.3) is 0 Å². The Kier molecular flexibility index (Phi) is 2.58. The van der Waals surface area contributed by atoms with Crippen molar-refractivity contribution < 1.29 is 0 Å². The summed E-state index contributed by atoms with van der Waals surface area (Å²) in [7, 11) is 1.78. The SMILES string of the molecule is C=CCn1nc(C2CC=CC2)n(C)c1=O. The van der Waals surface area contributed by atoms with Crippen molar-refractivity contribution in [1.29, 1.82) is 0 Å². The molecule has 1 aliphatic carbocycles. The van der Waals surface area contributed by atoms with E-state index in [2.05, 4.69) is 23.8 Å². The molecule has 80 valence electrons. The van der Waals surface area contributed by atoms with Crippen LogP contribution in [-0.2, 0) is 13.6 Å². The summed E-state index contributed by atoms with van der Waals surface area (Å²) in [6.45, 7) is 4.09. The van der Waals surface area contributed by atoms with E-state index in [1.807, 2.05) is 0 Å². The lowest BCUT2D eigenvalue weighted by Crippen LogP contribution is -2.23. The lowest BCUT2D eigenvalue weighted by atomic mass is 10.1. The van der Waals surface area contributed by atoms with Gasteiger partial charge < -0.3 is 0 Å². The van der Waals surface area contributed by atoms with Crippen molar-refractivity contribution in [3.63, 3.8) is 0 Å². The zero-order valence-electron chi connectivity index (χ0n) is 8.89. The summed E-state index contributed by atoms with van der Waals surface area (Å²) >= 11 is 0. The van der Waals surface area contributed by atoms with Gasteiger partial charge in [-0.05, 0) is 12.8 Å². The minimum Gasteiger partial charge on any atom is -0.282 e. The van der Waals surface area contributed by atoms with Gasteiger partial charge in [0.05, 0.1) is 6.54 Å². The second-order valence-electron chi connectivity index (χ2n) is 3.81. The quantitative estimate of drug-likeness (QED) is 0.696. The molecule has 0 saturated heterocycles. The first-order valence-electron chi connectivity index (χ1n) is 5.13. The van der Waals surface area contributed by atoms with Gasteiger partial charge in [-0.3, -0.25) is 4.57 Å². The Balaban J connectivity index is 2.35. The van der Waals surface area contributed by atoms with Crippen molar-refractivity contribution in [2.24, 2.45) is 7.05 Å². The van der Waals surface area contributed by atoms with Crippen LogP contribution in [0.2, 0.25) is 0 Å². The fraction of sp³-hybridized carbons (Fsp3) is 0.455. The standard InChI is InChI=1S/C11H15N3O/c1-3-8-14-11(15)13(2)10(12-14)9-6-4-5-7-9/h3-5,9H,1,6-8H2,2H3. The monoisotopic (exact) mass is 205 g/mol. The molecule has 0 radical (unpaired) electrons. The summed E-state index contributed by atoms with van der Waals surface area (Å²) in [5.41, 5.74) is -0.0585. The lowest BCUT2D eigenvalue weighted by Gasteiger charge is -2.05. The molecule has 1 heterocycles. The van der Waals surface area contributed by atoms with Gasteiger partial charge in [-0.2, -0.15) is 5.10 Å². The molecule has 4 heteroatoms. The molecule has 1 aromatic heterocycles. The molecule has 0 atom stereocenters. The third-order valence-electron chi connectivity index (χ3n) is 2.75. The molecule has 1 aromatic rings. The minimum atomic E-state index is -0.0585. The van der Waals surface area contributed by atoms with Crippen LogP contribution in [0.4, 0.5) is 0 Å². The van der Waals surface area contributed by atoms with E-state index in [0.717, 1.165) is 18.7 Å². The van der Waals surface area contributed by atoms with Gasteiger partial charge in [-0.1, -0.05) is 18.2 Å². The van der Waals surface area contributed by atoms with E-state index >= 15 is 0 Å². The zero-order chi connectivity index (χ0) is 10.8. The molecule has 0 aromatic carbocycles. The summed E-state index contributed by atoms with van der Waals surface area (Å²) in [5, 5.41) is 4.34. The molecule has 0 fully saturated rings. The molecule has 0 spiro atoms. The van der Waals surface area contributed by atoms with Crippen molar-refractivity contribution in [2.45, 2.75) is 25.3 Å². The van der Waals surface area contributed by atoms with Crippen molar-refractivity contribution in [1.82, 2.24) is 14.3 Å². The molecule has 0 saturated carbocycles. The summed E-state index contributed by atoms with van der Waals surface area (Å²) < 4.78 is 3.10. The molecule has 0 bridgehead atoms. The maximum atomic E-state index is 11.7. The fourth-order valence-electron chi connectivity index (χ4n) is 1.93. The van der Waals surface area contributed by atoms with Gasteiger partial charge in [0, 0.05) is 13.0 Å². The first kappa shape index (κ1) is 9.96. The third kappa shape index (κ3) is 1.67. The molecule has 2 rings (SSSR count).